The zero-order valence-electron chi connectivity index (χ0n) is 15.5. The minimum Gasteiger partial charge on any atom is -0.507 e. The Labute approximate surface area is 164 Å². The Morgan fingerprint density at radius 3 is 2.71 bits per heavy atom. The first-order valence-corrected chi connectivity index (χ1v) is 9.23. The molecule has 1 atom stereocenters. The summed E-state index contributed by atoms with van der Waals surface area (Å²) in [5, 5.41) is 25.5. The minimum absolute atomic E-state index is 0.000337. The number of aromatic hydroxyl groups is 1. The van der Waals surface area contributed by atoms with Gasteiger partial charge < -0.3 is 29.8 Å². The number of ether oxygens (including phenoxy) is 2. The van der Waals surface area contributed by atoms with E-state index in [9.17, 15) is 24.6 Å². The number of carbonyl (C=O) groups excluding carboxylic acids is 2. The van der Waals surface area contributed by atoms with Crippen molar-refractivity contribution in [3.8, 4) is 11.5 Å². The van der Waals surface area contributed by atoms with Crippen molar-refractivity contribution in [2.24, 2.45) is 5.16 Å². The lowest BCUT2D eigenvalue weighted by Crippen LogP contribution is -2.46. The third-order valence-corrected chi connectivity index (χ3v) is 5.05. The summed E-state index contributed by atoms with van der Waals surface area (Å²) in [6.45, 7) is 1.08. The van der Waals surface area contributed by atoms with Crippen LogP contribution in [0, 0.1) is 6.92 Å². The van der Waals surface area contributed by atoms with E-state index in [2.05, 4.69) is 15.3 Å². The Balaban J connectivity index is 2.51. The number of oxime groups is 1. The van der Waals surface area contributed by atoms with Crippen molar-refractivity contribution in [3.63, 3.8) is 0 Å². The summed E-state index contributed by atoms with van der Waals surface area (Å²) in [6.07, 6.45) is 0. The van der Waals surface area contributed by atoms with Crippen LogP contribution < -0.4 is 10.1 Å². The van der Waals surface area contributed by atoms with Crippen molar-refractivity contribution in [1.29, 1.82) is 0 Å². The molecule has 152 valence electrons. The standard InChI is InChI=1S/C17H20N2O8S/c1-8-13(25-2)4-12(20)9-6-28-7-11(16(22)23)18-15(21)10(19-26-3)5-27-17(24)14(8)9/h4,11,20H,5-7H2,1-3H3,(H,18,21)(H,22,23)/t11-/m0/s1. The van der Waals surface area contributed by atoms with E-state index >= 15 is 0 Å². The van der Waals surface area contributed by atoms with Crippen molar-refractivity contribution in [1.82, 2.24) is 5.32 Å². The van der Waals surface area contributed by atoms with E-state index in [4.69, 9.17) is 9.47 Å². The molecule has 0 radical (unpaired) electrons. The molecule has 0 unspecified atom stereocenters. The minimum atomic E-state index is -1.23. The number of phenols is 1. The fraction of sp³-hybridized carbons (Fsp3) is 0.412. The lowest BCUT2D eigenvalue weighted by molar-refractivity contribution is -0.140. The van der Waals surface area contributed by atoms with Crippen molar-refractivity contribution < 1.29 is 38.9 Å². The molecule has 0 aromatic heterocycles. The number of methoxy groups -OCH3 is 1. The third-order valence-electron chi connectivity index (χ3n) is 3.99. The number of phenolic OH excluding ortho intramolecular Hbond substituents is 1. The molecule has 1 aliphatic heterocycles. The smallest absolute Gasteiger partial charge is 0.339 e. The van der Waals surface area contributed by atoms with Gasteiger partial charge in [-0.25, -0.2) is 9.59 Å². The Morgan fingerprint density at radius 2 is 2.11 bits per heavy atom. The highest BCUT2D eigenvalue weighted by molar-refractivity contribution is 7.98. The number of hydrogen-bond donors (Lipinski definition) is 3. The lowest BCUT2D eigenvalue weighted by atomic mass is 10.0. The van der Waals surface area contributed by atoms with E-state index in [1.54, 1.807) is 6.92 Å². The van der Waals surface area contributed by atoms with Crippen molar-refractivity contribution in [3.05, 3.63) is 22.8 Å². The Bertz CT molecular complexity index is 824. The van der Waals surface area contributed by atoms with Crippen molar-refractivity contribution >= 4 is 35.3 Å². The van der Waals surface area contributed by atoms with Crippen LogP contribution in [0.25, 0.3) is 0 Å². The third kappa shape index (κ3) is 4.66. The van der Waals surface area contributed by atoms with Gasteiger partial charge in [0.1, 0.15) is 31.3 Å². The molecule has 0 aliphatic carbocycles. The molecule has 1 aromatic carbocycles. The first-order valence-electron chi connectivity index (χ1n) is 8.08. The average molecular weight is 412 g/mol. The van der Waals surface area contributed by atoms with Gasteiger partial charge in [-0.2, -0.15) is 11.8 Å². The first-order chi connectivity index (χ1) is 13.3. The van der Waals surface area contributed by atoms with Gasteiger partial charge in [0.05, 0.1) is 12.7 Å². The molecule has 0 bridgehead atoms. The van der Waals surface area contributed by atoms with Gasteiger partial charge >= 0.3 is 11.9 Å². The predicted molar refractivity (Wildman–Crippen MR) is 99.9 cm³/mol. The van der Waals surface area contributed by atoms with Gasteiger partial charge in [-0.05, 0) is 6.92 Å². The SMILES string of the molecule is CON=C1COC(=O)c2c(C)c(OC)cc(O)c2CSC[C@@H](C(=O)O)NC1=O. The maximum atomic E-state index is 12.7. The van der Waals surface area contributed by atoms with E-state index in [1.807, 2.05) is 0 Å². The summed E-state index contributed by atoms with van der Waals surface area (Å²) < 4.78 is 10.4. The average Bonchev–Trinajstić information content (AvgIpc) is 2.65. The van der Waals surface area contributed by atoms with E-state index < -0.39 is 30.5 Å². The van der Waals surface area contributed by atoms with Gasteiger partial charge in [-0.15, -0.1) is 0 Å². The van der Waals surface area contributed by atoms with Crippen LogP contribution in [0.5, 0.6) is 11.5 Å². The Kier molecular flexibility index (Phi) is 7.10. The second-order valence-electron chi connectivity index (χ2n) is 5.75. The van der Waals surface area contributed by atoms with E-state index in [1.165, 1.54) is 20.3 Å². The number of thioether (sulfide) groups is 1. The normalized spacial score (nSPS) is 19.5. The first kappa shape index (κ1) is 21.4. The number of rotatable bonds is 3. The summed E-state index contributed by atoms with van der Waals surface area (Å²) in [5.74, 6) is -2.61. The maximum Gasteiger partial charge on any atom is 0.339 e. The number of nitrogens with zero attached hydrogens (tertiary/aromatic N) is 1. The van der Waals surface area contributed by atoms with E-state index in [-0.39, 0.29) is 39.8 Å². The van der Waals surface area contributed by atoms with Crippen molar-refractivity contribution in [2.75, 3.05) is 26.6 Å². The molecular formula is C17H20N2O8S. The summed E-state index contributed by atoms with van der Waals surface area (Å²) in [5.41, 5.74) is 0.518. The van der Waals surface area contributed by atoms with Crippen molar-refractivity contribution in [2.45, 2.75) is 18.7 Å². The number of nitrogens with one attached hydrogen (secondary N) is 1. The largest absolute Gasteiger partial charge is 0.507 e. The van der Waals surface area contributed by atoms with Gasteiger partial charge in [0.25, 0.3) is 5.91 Å². The molecule has 1 aliphatic rings. The molecule has 3 N–H and O–H groups in total. The lowest BCUT2D eigenvalue weighted by Gasteiger charge is -2.20. The molecule has 2 rings (SSSR count). The van der Waals surface area contributed by atoms with Crippen LogP contribution in [-0.4, -0.2) is 66.4 Å². The highest BCUT2D eigenvalue weighted by Gasteiger charge is 2.28. The number of benzene rings is 1. The fourth-order valence-electron chi connectivity index (χ4n) is 2.58. The monoisotopic (exact) mass is 412 g/mol. The summed E-state index contributed by atoms with van der Waals surface area (Å²) >= 11 is 1.13. The predicted octanol–water partition coefficient (Wildman–Crippen LogP) is 0.685. The number of hydrogen-bond acceptors (Lipinski definition) is 9. The van der Waals surface area contributed by atoms with Crippen LogP contribution in [0.1, 0.15) is 21.5 Å². The van der Waals surface area contributed by atoms with E-state index in [0.717, 1.165) is 11.8 Å². The second kappa shape index (κ2) is 9.31. The molecule has 11 heteroatoms. The van der Waals surface area contributed by atoms with Gasteiger partial charge in [0, 0.05) is 28.7 Å². The Hall–Kier alpha value is -2.95. The number of aliphatic carboxylic acids is 1. The molecular weight excluding hydrogens is 392 g/mol. The summed E-state index contributed by atoms with van der Waals surface area (Å²) in [7, 11) is 2.60. The Morgan fingerprint density at radius 1 is 1.39 bits per heavy atom. The maximum absolute atomic E-state index is 12.7. The quantitative estimate of drug-likeness (QED) is 0.482. The fourth-order valence-corrected chi connectivity index (χ4v) is 3.65. The van der Waals surface area contributed by atoms with Crippen LogP contribution >= 0.6 is 11.8 Å². The number of carboxylic acids is 1. The zero-order valence-corrected chi connectivity index (χ0v) is 16.3. The molecule has 0 saturated heterocycles. The number of cyclic esters (lactones) is 1. The molecule has 28 heavy (non-hydrogen) atoms. The molecule has 1 amide bonds. The van der Waals surface area contributed by atoms with Crippen LogP contribution in [0.15, 0.2) is 11.2 Å². The topological polar surface area (TPSA) is 144 Å². The van der Waals surface area contributed by atoms with Gasteiger partial charge in [-0.3, -0.25) is 4.79 Å². The van der Waals surface area contributed by atoms with Gasteiger partial charge in [0.2, 0.25) is 0 Å². The highest BCUT2D eigenvalue weighted by atomic mass is 32.2. The molecule has 0 saturated carbocycles. The number of carbonyl (C=O) groups is 3. The summed E-state index contributed by atoms with van der Waals surface area (Å²) in [4.78, 5) is 40.9. The zero-order chi connectivity index (χ0) is 20.8. The van der Waals surface area contributed by atoms with Gasteiger partial charge in [0.15, 0.2) is 5.71 Å². The number of fused-ring (bicyclic) bond motifs is 1. The van der Waals surface area contributed by atoms with Crippen LogP contribution in [-0.2, 0) is 24.9 Å². The van der Waals surface area contributed by atoms with Crippen LogP contribution in [0.4, 0.5) is 0 Å². The molecule has 0 spiro atoms. The van der Waals surface area contributed by atoms with E-state index in [0.29, 0.717) is 5.56 Å². The number of carboxylic acid groups (broad SMARTS) is 1. The number of esters is 1. The molecule has 1 aromatic rings. The van der Waals surface area contributed by atoms with Crippen LogP contribution in [0.3, 0.4) is 0 Å². The van der Waals surface area contributed by atoms with Crippen LogP contribution in [0.2, 0.25) is 0 Å². The van der Waals surface area contributed by atoms with Gasteiger partial charge in [-0.1, -0.05) is 5.16 Å². The molecule has 0 fully saturated rings. The molecule has 10 nitrogen and oxygen atoms in total. The molecule has 1 heterocycles. The highest BCUT2D eigenvalue weighted by Crippen LogP contribution is 2.35. The second-order valence-corrected chi connectivity index (χ2v) is 6.78. The number of amides is 1. The summed E-state index contributed by atoms with van der Waals surface area (Å²) in [6, 6.07) is 0.168.